The Kier molecular flexibility index (Phi) is 3.67. The van der Waals surface area contributed by atoms with Crippen LogP contribution in [0.2, 0.25) is 0 Å². The van der Waals surface area contributed by atoms with Crippen LogP contribution in [0.15, 0.2) is 42.7 Å². The first kappa shape index (κ1) is 12.2. The second-order valence-corrected chi connectivity index (χ2v) is 3.65. The Labute approximate surface area is 104 Å². The van der Waals surface area contributed by atoms with Gasteiger partial charge in [-0.1, -0.05) is 0 Å². The maximum absolute atomic E-state index is 13.7. The summed E-state index contributed by atoms with van der Waals surface area (Å²) in [5, 5.41) is 0. The Bertz CT molecular complexity index is 555. The molecule has 0 unspecified atom stereocenters. The zero-order chi connectivity index (χ0) is 13.0. The van der Waals surface area contributed by atoms with Gasteiger partial charge in [-0.25, -0.2) is 9.18 Å². The molecular weight excluding hydrogens is 233 g/mol. The van der Waals surface area contributed by atoms with Gasteiger partial charge in [0.25, 0.3) is 0 Å². The standard InChI is InChI=1S/C14H12FNO2/c1-2-18-14(17)11-3-4-13(15)12(9-11)10-5-7-16-8-6-10/h3-9H,2H2,1H3. The molecule has 0 fully saturated rings. The Morgan fingerprint density at radius 3 is 2.67 bits per heavy atom. The summed E-state index contributed by atoms with van der Waals surface area (Å²) in [6, 6.07) is 7.55. The van der Waals surface area contributed by atoms with Crippen LogP contribution in [0.3, 0.4) is 0 Å². The Morgan fingerprint density at radius 1 is 1.28 bits per heavy atom. The maximum Gasteiger partial charge on any atom is 0.338 e. The third-order valence-electron chi connectivity index (χ3n) is 2.47. The molecule has 92 valence electrons. The summed E-state index contributed by atoms with van der Waals surface area (Å²) in [6.45, 7) is 2.02. The summed E-state index contributed by atoms with van der Waals surface area (Å²) >= 11 is 0. The third kappa shape index (κ3) is 2.53. The molecule has 0 bridgehead atoms. The van der Waals surface area contributed by atoms with Gasteiger partial charge >= 0.3 is 5.97 Å². The highest BCUT2D eigenvalue weighted by atomic mass is 19.1. The lowest BCUT2D eigenvalue weighted by molar-refractivity contribution is 0.0526. The summed E-state index contributed by atoms with van der Waals surface area (Å²) in [5.41, 5.74) is 1.38. The van der Waals surface area contributed by atoms with Crippen LogP contribution in [0.5, 0.6) is 0 Å². The first-order valence-electron chi connectivity index (χ1n) is 5.59. The number of aromatic nitrogens is 1. The lowest BCUT2D eigenvalue weighted by atomic mass is 10.0. The normalized spacial score (nSPS) is 10.1. The Morgan fingerprint density at radius 2 is 2.00 bits per heavy atom. The lowest BCUT2D eigenvalue weighted by Gasteiger charge is -2.06. The molecule has 0 saturated heterocycles. The zero-order valence-corrected chi connectivity index (χ0v) is 9.89. The quantitative estimate of drug-likeness (QED) is 0.780. The minimum Gasteiger partial charge on any atom is -0.462 e. The number of pyridine rings is 1. The van der Waals surface area contributed by atoms with Crippen molar-refractivity contribution in [3.63, 3.8) is 0 Å². The fourth-order valence-electron chi connectivity index (χ4n) is 1.62. The predicted molar refractivity (Wildman–Crippen MR) is 65.6 cm³/mol. The highest BCUT2D eigenvalue weighted by Gasteiger charge is 2.11. The van der Waals surface area contributed by atoms with Crippen LogP contribution in [0, 0.1) is 5.82 Å². The van der Waals surface area contributed by atoms with E-state index in [1.165, 1.54) is 18.2 Å². The van der Waals surface area contributed by atoms with Crippen molar-refractivity contribution in [3.8, 4) is 11.1 Å². The van der Waals surface area contributed by atoms with Crippen LogP contribution in [-0.2, 0) is 4.74 Å². The zero-order valence-electron chi connectivity index (χ0n) is 9.89. The van der Waals surface area contributed by atoms with Crippen LogP contribution in [0.4, 0.5) is 4.39 Å². The van der Waals surface area contributed by atoms with Gasteiger partial charge in [0, 0.05) is 18.0 Å². The maximum atomic E-state index is 13.7. The highest BCUT2D eigenvalue weighted by Crippen LogP contribution is 2.23. The molecule has 2 rings (SSSR count). The van der Waals surface area contributed by atoms with E-state index in [0.717, 1.165) is 0 Å². The molecule has 0 aliphatic carbocycles. The molecule has 4 heteroatoms. The number of esters is 1. The van der Waals surface area contributed by atoms with Gasteiger partial charge in [0.15, 0.2) is 0 Å². The van der Waals surface area contributed by atoms with Crippen molar-refractivity contribution in [2.75, 3.05) is 6.61 Å². The van der Waals surface area contributed by atoms with Crippen LogP contribution in [0.1, 0.15) is 17.3 Å². The van der Waals surface area contributed by atoms with Crippen molar-refractivity contribution in [2.45, 2.75) is 6.92 Å². The average molecular weight is 245 g/mol. The SMILES string of the molecule is CCOC(=O)c1ccc(F)c(-c2ccncc2)c1. The van der Waals surface area contributed by atoms with E-state index >= 15 is 0 Å². The Hall–Kier alpha value is -2.23. The molecule has 0 amide bonds. The minimum absolute atomic E-state index is 0.292. The molecular formula is C14H12FNO2. The smallest absolute Gasteiger partial charge is 0.338 e. The summed E-state index contributed by atoms with van der Waals surface area (Å²) in [4.78, 5) is 15.5. The van der Waals surface area contributed by atoms with E-state index in [4.69, 9.17) is 4.74 Å². The number of rotatable bonds is 3. The average Bonchev–Trinajstić information content (AvgIpc) is 2.40. The number of hydrogen-bond acceptors (Lipinski definition) is 3. The number of benzene rings is 1. The minimum atomic E-state index is -0.451. The molecule has 0 spiro atoms. The van der Waals surface area contributed by atoms with Crippen molar-refractivity contribution in [2.24, 2.45) is 0 Å². The van der Waals surface area contributed by atoms with E-state index in [9.17, 15) is 9.18 Å². The molecule has 1 heterocycles. The number of carbonyl (C=O) groups excluding carboxylic acids is 1. The van der Waals surface area contributed by atoms with Gasteiger partial charge in [-0.05, 0) is 42.8 Å². The van der Waals surface area contributed by atoms with Crippen LogP contribution < -0.4 is 0 Å². The van der Waals surface area contributed by atoms with Crippen molar-refractivity contribution in [1.82, 2.24) is 4.98 Å². The topological polar surface area (TPSA) is 39.2 Å². The number of hydrogen-bond donors (Lipinski definition) is 0. The second-order valence-electron chi connectivity index (χ2n) is 3.65. The van der Waals surface area contributed by atoms with E-state index in [2.05, 4.69) is 4.98 Å². The van der Waals surface area contributed by atoms with E-state index in [1.807, 2.05) is 0 Å². The largest absolute Gasteiger partial charge is 0.462 e. The van der Waals surface area contributed by atoms with Gasteiger partial charge in [0.1, 0.15) is 5.82 Å². The second kappa shape index (κ2) is 5.40. The molecule has 0 N–H and O–H groups in total. The van der Waals surface area contributed by atoms with Gasteiger partial charge < -0.3 is 4.74 Å². The van der Waals surface area contributed by atoms with Crippen LogP contribution in [0.25, 0.3) is 11.1 Å². The lowest BCUT2D eigenvalue weighted by Crippen LogP contribution is -2.05. The predicted octanol–water partition coefficient (Wildman–Crippen LogP) is 3.06. The summed E-state index contributed by atoms with van der Waals surface area (Å²) in [5.74, 6) is -0.831. The van der Waals surface area contributed by atoms with Crippen molar-refractivity contribution in [3.05, 3.63) is 54.1 Å². The van der Waals surface area contributed by atoms with Gasteiger partial charge in [-0.3, -0.25) is 4.98 Å². The molecule has 0 aliphatic rings. The molecule has 2 aromatic rings. The number of carbonyl (C=O) groups is 1. The van der Waals surface area contributed by atoms with E-state index < -0.39 is 5.97 Å². The van der Waals surface area contributed by atoms with Gasteiger partial charge in [-0.15, -0.1) is 0 Å². The van der Waals surface area contributed by atoms with Crippen molar-refractivity contribution >= 4 is 5.97 Å². The molecule has 18 heavy (non-hydrogen) atoms. The number of halogens is 1. The van der Waals surface area contributed by atoms with E-state index in [-0.39, 0.29) is 5.82 Å². The molecule has 1 aromatic carbocycles. The fraction of sp³-hybridized carbons (Fsp3) is 0.143. The molecule has 0 aliphatic heterocycles. The molecule has 1 aromatic heterocycles. The fourth-order valence-corrected chi connectivity index (χ4v) is 1.62. The first-order chi connectivity index (χ1) is 8.72. The van der Waals surface area contributed by atoms with Crippen LogP contribution >= 0.6 is 0 Å². The van der Waals surface area contributed by atoms with Crippen LogP contribution in [-0.4, -0.2) is 17.6 Å². The van der Waals surface area contributed by atoms with Crippen molar-refractivity contribution < 1.29 is 13.9 Å². The van der Waals surface area contributed by atoms with Gasteiger partial charge in [0.2, 0.25) is 0 Å². The van der Waals surface area contributed by atoms with Gasteiger partial charge in [-0.2, -0.15) is 0 Å². The van der Waals surface area contributed by atoms with E-state index in [0.29, 0.717) is 23.3 Å². The molecule has 0 atom stereocenters. The summed E-state index contributed by atoms with van der Waals surface area (Å²) in [7, 11) is 0. The third-order valence-corrected chi connectivity index (χ3v) is 2.47. The summed E-state index contributed by atoms with van der Waals surface area (Å²) < 4.78 is 18.6. The Balaban J connectivity index is 2.42. The van der Waals surface area contributed by atoms with E-state index in [1.54, 1.807) is 31.5 Å². The van der Waals surface area contributed by atoms with Gasteiger partial charge in [0.05, 0.1) is 12.2 Å². The molecule has 3 nitrogen and oxygen atoms in total. The highest BCUT2D eigenvalue weighted by molar-refractivity contribution is 5.91. The van der Waals surface area contributed by atoms with Crippen molar-refractivity contribution in [1.29, 1.82) is 0 Å². The number of ether oxygens (including phenoxy) is 1. The monoisotopic (exact) mass is 245 g/mol. The summed E-state index contributed by atoms with van der Waals surface area (Å²) in [6.07, 6.45) is 3.15. The molecule has 0 saturated carbocycles. The number of nitrogens with zero attached hydrogens (tertiary/aromatic N) is 1. The molecule has 0 radical (unpaired) electrons. The first-order valence-corrected chi connectivity index (χ1v) is 5.59.